The van der Waals surface area contributed by atoms with Gasteiger partial charge in [-0.05, 0) is 59.5 Å². The van der Waals surface area contributed by atoms with Crippen LogP contribution in [0, 0.1) is 3.57 Å². The molecule has 2 nitrogen and oxygen atoms in total. The van der Waals surface area contributed by atoms with Crippen LogP contribution >= 0.6 is 34.2 Å². The lowest BCUT2D eigenvalue weighted by molar-refractivity contribution is 0.479. The number of halogens is 2. The van der Waals surface area contributed by atoms with Crippen molar-refractivity contribution in [2.45, 2.75) is 6.54 Å². The summed E-state index contributed by atoms with van der Waals surface area (Å²) in [6, 6.07) is 13.7. The molecule has 0 aromatic heterocycles. The fraction of sp³-hybridized carbons (Fsp3) is 0.143. The van der Waals surface area contributed by atoms with Crippen LogP contribution in [0.15, 0.2) is 42.5 Å². The predicted molar refractivity (Wildman–Crippen MR) is 83.4 cm³/mol. The number of para-hydroxylation sites is 1. The van der Waals surface area contributed by atoms with Crippen molar-refractivity contribution in [3.8, 4) is 11.5 Å². The van der Waals surface area contributed by atoms with E-state index in [1.807, 2.05) is 49.5 Å². The summed E-state index contributed by atoms with van der Waals surface area (Å²) in [6.45, 7) is 0.795. The molecule has 2 aromatic rings. The van der Waals surface area contributed by atoms with Gasteiger partial charge in [-0.15, -0.1) is 0 Å². The topological polar surface area (TPSA) is 21.3 Å². The number of rotatable bonds is 4. The van der Waals surface area contributed by atoms with Gasteiger partial charge in [-0.2, -0.15) is 0 Å². The van der Waals surface area contributed by atoms with E-state index in [9.17, 15) is 0 Å². The quantitative estimate of drug-likeness (QED) is 0.799. The minimum Gasteiger partial charge on any atom is -0.455 e. The molecule has 1 N–H and O–H groups in total. The highest BCUT2D eigenvalue weighted by Gasteiger charge is 2.06. The molecule has 2 rings (SSSR count). The van der Waals surface area contributed by atoms with E-state index in [1.54, 1.807) is 0 Å². The highest BCUT2D eigenvalue weighted by atomic mass is 127. The van der Waals surface area contributed by atoms with Gasteiger partial charge in [0.25, 0.3) is 0 Å². The number of nitrogens with one attached hydrogen (secondary N) is 1. The molecule has 18 heavy (non-hydrogen) atoms. The molecule has 0 aliphatic heterocycles. The standard InChI is InChI=1S/C14H13ClINO/c1-17-9-10-6-7-13(11(15)8-10)18-14-5-3-2-4-12(14)16/h2-8,17H,9H2,1H3. The van der Waals surface area contributed by atoms with Gasteiger partial charge in [0.05, 0.1) is 8.59 Å². The van der Waals surface area contributed by atoms with Crippen molar-refractivity contribution < 1.29 is 4.74 Å². The molecule has 0 fully saturated rings. The summed E-state index contributed by atoms with van der Waals surface area (Å²) in [4.78, 5) is 0. The second-order valence-corrected chi connectivity index (χ2v) is 5.40. The lowest BCUT2D eigenvalue weighted by Crippen LogP contribution is -2.04. The Bertz CT molecular complexity index is 545. The van der Waals surface area contributed by atoms with Gasteiger partial charge in [0.15, 0.2) is 0 Å². The van der Waals surface area contributed by atoms with E-state index in [2.05, 4.69) is 27.9 Å². The first kappa shape index (κ1) is 13.6. The van der Waals surface area contributed by atoms with Crippen LogP contribution in [-0.2, 0) is 6.54 Å². The largest absolute Gasteiger partial charge is 0.455 e. The zero-order valence-electron chi connectivity index (χ0n) is 9.91. The van der Waals surface area contributed by atoms with Gasteiger partial charge in [-0.1, -0.05) is 29.8 Å². The van der Waals surface area contributed by atoms with Crippen LogP contribution in [0.25, 0.3) is 0 Å². The molecule has 94 valence electrons. The van der Waals surface area contributed by atoms with E-state index in [-0.39, 0.29) is 0 Å². The van der Waals surface area contributed by atoms with Crippen molar-refractivity contribution in [2.75, 3.05) is 7.05 Å². The average Bonchev–Trinajstić information content (AvgIpc) is 2.35. The number of hydrogen-bond donors (Lipinski definition) is 1. The highest BCUT2D eigenvalue weighted by Crippen LogP contribution is 2.32. The molecule has 2 aromatic carbocycles. The maximum Gasteiger partial charge on any atom is 0.146 e. The molecule has 0 heterocycles. The Morgan fingerprint density at radius 3 is 2.61 bits per heavy atom. The molecule has 0 amide bonds. The fourth-order valence-corrected chi connectivity index (χ4v) is 2.33. The first-order valence-electron chi connectivity index (χ1n) is 5.56. The Labute approximate surface area is 125 Å². The summed E-state index contributed by atoms with van der Waals surface area (Å²) < 4.78 is 6.87. The van der Waals surface area contributed by atoms with Crippen LogP contribution in [0.1, 0.15) is 5.56 Å². The smallest absolute Gasteiger partial charge is 0.146 e. The maximum atomic E-state index is 6.21. The SMILES string of the molecule is CNCc1ccc(Oc2ccccc2I)c(Cl)c1. The molecule has 0 atom stereocenters. The van der Waals surface area contributed by atoms with Gasteiger partial charge < -0.3 is 10.1 Å². The summed E-state index contributed by atoms with van der Waals surface area (Å²) >= 11 is 8.45. The monoisotopic (exact) mass is 373 g/mol. The third-order valence-corrected chi connectivity index (χ3v) is 3.62. The van der Waals surface area contributed by atoms with Crippen LogP contribution in [0.4, 0.5) is 0 Å². The highest BCUT2D eigenvalue weighted by molar-refractivity contribution is 14.1. The van der Waals surface area contributed by atoms with Crippen molar-refractivity contribution in [3.05, 3.63) is 56.6 Å². The van der Waals surface area contributed by atoms with Gasteiger partial charge in [-0.25, -0.2) is 0 Å². The van der Waals surface area contributed by atoms with Crippen molar-refractivity contribution in [2.24, 2.45) is 0 Å². The second-order valence-electron chi connectivity index (χ2n) is 3.83. The summed E-state index contributed by atoms with van der Waals surface area (Å²) in [5, 5.41) is 3.72. The van der Waals surface area contributed by atoms with Gasteiger partial charge in [-0.3, -0.25) is 0 Å². The molecule has 0 unspecified atom stereocenters. The van der Waals surface area contributed by atoms with Crippen LogP contribution in [0.5, 0.6) is 11.5 Å². The number of hydrogen-bond acceptors (Lipinski definition) is 2. The van der Waals surface area contributed by atoms with E-state index in [0.717, 1.165) is 21.4 Å². The first-order valence-corrected chi connectivity index (χ1v) is 7.02. The molecular formula is C14H13ClINO. The Morgan fingerprint density at radius 2 is 1.94 bits per heavy atom. The van der Waals surface area contributed by atoms with Crippen molar-refractivity contribution in [1.82, 2.24) is 5.32 Å². The maximum absolute atomic E-state index is 6.21. The van der Waals surface area contributed by atoms with E-state index in [4.69, 9.17) is 16.3 Å². The second kappa shape index (κ2) is 6.41. The molecule has 0 bridgehead atoms. The van der Waals surface area contributed by atoms with E-state index in [1.165, 1.54) is 0 Å². The summed E-state index contributed by atoms with van der Waals surface area (Å²) in [7, 11) is 1.91. The van der Waals surface area contributed by atoms with Gasteiger partial charge in [0.1, 0.15) is 11.5 Å². The van der Waals surface area contributed by atoms with Crippen molar-refractivity contribution in [3.63, 3.8) is 0 Å². The summed E-state index contributed by atoms with van der Waals surface area (Å²) in [5.74, 6) is 1.50. The van der Waals surface area contributed by atoms with Crippen LogP contribution in [-0.4, -0.2) is 7.05 Å². The molecule has 4 heteroatoms. The lowest BCUT2D eigenvalue weighted by Gasteiger charge is -2.10. The van der Waals surface area contributed by atoms with Crippen molar-refractivity contribution in [1.29, 1.82) is 0 Å². The Hall–Kier alpha value is -0.780. The third-order valence-electron chi connectivity index (χ3n) is 2.43. The van der Waals surface area contributed by atoms with Gasteiger partial charge in [0.2, 0.25) is 0 Å². The third kappa shape index (κ3) is 3.37. The van der Waals surface area contributed by atoms with Crippen molar-refractivity contribution >= 4 is 34.2 Å². The molecule has 0 radical (unpaired) electrons. The van der Waals surface area contributed by atoms with Crippen LogP contribution < -0.4 is 10.1 Å². The van der Waals surface area contributed by atoms with E-state index < -0.39 is 0 Å². The summed E-state index contributed by atoms with van der Waals surface area (Å²) in [5.41, 5.74) is 1.14. The number of benzene rings is 2. The predicted octanol–water partition coefficient (Wildman–Crippen LogP) is 4.46. The Balaban J connectivity index is 2.22. The van der Waals surface area contributed by atoms with Gasteiger partial charge in [0, 0.05) is 6.54 Å². The minimum atomic E-state index is 0.627. The first-order chi connectivity index (χ1) is 8.70. The number of ether oxygens (including phenoxy) is 1. The zero-order chi connectivity index (χ0) is 13.0. The molecule has 0 saturated heterocycles. The van der Waals surface area contributed by atoms with Gasteiger partial charge >= 0.3 is 0 Å². The molecule has 0 saturated carbocycles. The molecule has 0 spiro atoms. The average molecular weight is 374 g/mol. The van der Waals surface area contributed by atoms with Crippen LogP contribution in [0.2, 0.25) is 5.02 Å². The summed E-state index contributed by atoms with van der Waals surface area (Å²) in [6.07, 6.45) is 0. The normalized spacial score (nSPS) is 10.4. The van der Waals surface area contributed by atoms with E-state index >= 15 is 0 Å². The fourth-order valence-electron chi connectivity index (χ4n) is 1.59. The van der Waals surface area contributed by atoms with Crippen LogP contribution in [0.3, 0.4) is 0 Å². The lowest BCUT2D eigenvalue weighted by atomic mass is 10.2. The van der Waals surface area contributed by atoms with E-state index in [0.29, 0.717) is 10.8 Å². The molecular weight excluding hydrogens is 361 g/mol. The zero-order valence-corrected chi connectivity index (χ0v) is 12.8. The minimum absolute atomic E-state index is 0.627. The molecule has 0 aliphatic carbocycles. The Kier molecular flexibility index (Phi) is 4.86. The Morgan fingerprint density at radius 1 is 1.17 bits per heavy atom. The molecule has 0 aliphatic rings.